The van der Waals surface area contributed by atoms with Crippen molar-refractivity contribution in [2.45, 2.75) is 36.1 Å². The van der Waals surface area contributed by atoms with Crippen molar-refractivity contribution in [2.24, 2.45) is 5.92 Å². The summed E-state index contributed by atoms with van der Waals surface area (Å²) < 4.78 is 2.01. The second-order valence-electron chi connectivity index (χ2n) is 6.31. The molecule has 116 valence electrons. The van der Waals surface area contributed by atoms with Gasteiger partial charge in [-0.3, -0.25) is 14.7 Å². The van der Waals surface area contributed by atoms with E-state index < -0.39 is 0 Å². The Kier molecular flexibility index (Phi) is 3.63. The van der Waals surface area contributed by atoms with Crippen LogP contribution < -0.4 is 5.32 Å². The van der Waals surface area contributed by atoms with Crippen molar-refractivity contribution in [3.63, 3.8) is 0 Å². The summed E-state index contributed by atoms with van der Waals surface area (Å²) in [5.74, 6) is 0.556. The Morgan fingerprint density at radius 1 is 1.41 bits per heavy atom. The van der Waals surface area contributed by atoms with Gasteiger partial charge in [-0.1, -0.05) is 0 Å². The van der Waals surface area contributed by atoms with Crippen LogP contribution in [0.5, 0.6) is 0 Å². The third kappa shape index (κ3) is 2.43. The van der Waals surface area contributed by atoms with E-state index in [-0.39, 0.29) is 11.9 Å². The maximum Gasteiger partial charge on any atom is 0.270 e. The van der Waals surface area contributed by atoms with E-state index in [9.17, 15) is 4.79 Å². The molecule has 1 N–H and O–H groups in total. The van der Waals surface area contributed by atoms with Crippen LogP contribution in [0.4, 0.5) is 0 Å². The van der Waals surface area contributed by atoms with Gasteiger partial charge in [0, 0.05) is 28.4 Å². The molecule has 5 heterocycles. The van der Waals surface area contributed by atoms with E-state index in [1.807, 2.05) is 12.1 Å². The molecule has 2 aromatic rings. The molecule has 3 saturated heterocycles. The van der Waals surface area contributed by atoms with Crippen molar-refractivity contribution < 1.29 is 4.79 Å². The number of carbonyl (C=O) groups excluding carboxylic acids is 1. The molecule has 0 radical (unpaired) electrons. The second-order valence-corrected chi connectivity index (χ2v) is 8.17. The number of nitrogens with one attached hydrogen (secondary N) is 1. The largest absolute Gasteiger partial charge is 0.346 e. The Hall–Kier alpha value is -1.11. The highest BCUT2D eigenvalue weighted by Crippen LogP contribution is 2.32. The predicted octanol–water partition coefficient (Wildman–Crippen LogP) is 2.80. The zero-order valence-corrected chi connectivity index (χ0v) is 14.2. The molecule has 22 heavy (non-hydrogen) atoms. The normalized spacial score (nSPS) is 30.6. The number of aromatic nitrogens is 1. The Bertz CT molecular complexity index is 719. The van der Waals surface area contributed by atoms with Gasteiger partial charge in [0.15, 0.2) is 0 Å². The molecule has 2 bridgehead atoms. The van der Waals surface area contributed by atoms with Gasteiger partial charge in [0.05, 0.1) is 4.21 Å². The fourth-order valence-corrected chi connectivity index (χ4v) is 5.06. The lowest BCUT2D eigenvalue weighted by molar-refractivity contribution is 0.0216. The maximum absolute atomic E-state index is 12.6. The molecule has 0 saturated carbocycles. The Morgan fingerprint density at radius 2 is 2.18 bits per heavy atom. The molecule has 0 aromatic carbocycles. The van der Waals surface area contributed by atoms with Gasteiger partial charge in [-0.15, -0.1) is 24.0 Å². The van der Waals surface area contributed by atoms with Gasteiger partial charge >= 0.3 is 0 Å². The first kappa shape index (κ1) is 14.5. The number of nitrogens with zero attached hydrogens (tertiary/aromatic N) is 2. The molecule has 4 nitrogen and oxygen atoms in total. The van der Waals surface area contributed by atoms with E-state index in [4.69, 9.17) is 0 Å². The number of amides is 1. The molecular formula is C16H19N3OS2. The Balaban J connectivity index is 1.55. The van der Waals surface area contributed by atoms with Crippen molar-refractivity contribution >= 4 is 40.0 Å². The molecule has 2 aromatic heterocycles. The summed E-state index contributed by atoms with van der Waals surface area (Å²) in [5, 5.41) is 4.27. The number of rotatable bonds is 2. The van der Waals surface area contributed by atoms with Gasteiger partial charge in [0.2, 0.25) is 0 Å². The van der Waals surface area contributed by atoms with Gasteiger partial charge < -0.3 is 5.32 Å². The minimum atomic E-state index is -0.0541. The molecule has 6 heteroatoms. The molecular weight excluding hydrogens is 314 g/mol. The summed E-state index contributed by atoms with van der Waals surface area (Å²) in [7, 11) is 0. The topological polar surface area (TPSA) is 45.2 Å². The standard InChI is InChI=1S/C16H19N3OS2/c1-9-15(10-2-4-19(9)5-3-10)18-16(20)12-7-13-11(8-17-12)6-14(21)22-13/h6-10,15,21H,2-5H2,1H3,(H,18,20). The van der Waals surface area contributed by atoms with E-state index in [0.717, 1.165) is 14.3 Å². The fourth-order valence-electron chi connectivity index (χ4n) is 3.81. The van der Waals surface area contributed by atoms with E-state index in [1.165, 1.54) is 25.9 Å². The predicted molar refractivity (Wildman–Crippen MR) is 91.9 cm³/mol. The zero-order valence-electron chi connectivity index (χ0n) is 12.5. The van der Waals surface area contributed by atoms with Crippen LogP contribution in [0, 0.1) is 5.92 Å². The van der Waals surface area contributed by atoms with Gasteiger partial charge in [0.25, 0.3) is 5.91 Å². The Labute approximate surface area is 139 Å². The lowest BCUT2D eigenvalue weighted by Gasteiger charge is -2.49. The van der Waals surface area contributed by atoms with Gasteiger partial charge in [-0.05, 0) is 50.9 Å². The van der Waals surface area contributed by atoms with Crippen molar-refractivity contribution in [3.8, 4) is 0 Å². The number of pyridine rings is 1. The number of hydrogen-bond acceptors (Lipinski definition) is 5. The molecule has 2 atom stereocenters. The molecule has 3 aliphatic rings. The first-order valence-electron chi connectivity index (χ1n) is 7.75. The highest BCUT2D eigenvalue weighted by Gasteiger charge is 2.40. The quantitative estimate of drug-likeness (QED) is 0.831. The van der Waals surface area contributed by atoms with E-state index in [2.05, 4.69) is 34.8 Å². The van der Waals surface area contributed by atoms with Crippen LogP contribution >= 0.6 is 24.0 Å². The van der Waals surface area contributed by atoms with Crippen molar-refractivity contribution in [3.05, 3.63) is 24.0 Å². The Morgan fingerprint density at radius 3 is 2.91 bits per heavy atom. The van der Waals surface area contributed by atoms with E-state index >= 15 is 0 Å². The number of hydrogen-bond donors (Lipinski definition) is 2. The van der Waals surface area contributed by atoms with Crippen LogP contribution in [0.1, 0.15) is 30.3 Å². The fraction of sp³-hybridized carbons (Fsp3) is 0.500. The number of carbonyl (C=O) groups is 1. The number of thiol groups is 1. The minimum absolute atomic E-state index is 0.0541. The summed E-state index contributed by atoms with van der Waals surface area (Å²) in [4.78, 5) is 19.4. The third-order valence-electron chi connectivity index (χ3n) is 5.10. The molecule has 1 amide bonds. The van der Waals surface area contributed by atoms with E-state index in [0.29, 0.717) is 17.7 Å². The highest BCUT2D eigenvalue weighted by molar-refractivity contribution is 7.83. The number of thiophene rings is 1. The van der Waals surface area contributed by atoms with Crippen molar-refractivity contribution in [1.82, 2.24) is 15.2 Å². The monoisotopic (exact) mass is 333 g/mol. The van der Waals surface area contributed by atoms with Crippen LogP contribution in [0.25, 0.3) is 10.1 Å². The third-order valence-corrected chi connectivity index (χ3v) is 6.40. The van der Waals surface area contributed by atoms with Crippen LogP contribution in [0.15, 0.2) is 22.5 Å². The van der Waals surface area contributed by atoms with Gasteiger partial charge in [0.1, 0.15) is 5.69 Å². The lowest BCUT2D eigenvalue weighted by Crippen LogP contribution is -2.62. The van der Waals surface area contributed by atoms with Gasteiger partial charge in [-0.2, -0.15) is 0 Å². The van der Waals surface area contributed by atoms with Gasteiger partial charge in [-0.25, -0.2) is 0 Å². The molecule has 3 aliphatic heterocycles. The van der Waals surface area contributed by atoms with Crippen molar-refractivity contribution in [1.29, 1.82) is 0 Å². The number of piperidine rings is 3. The number of fused-ring (bicyclic) bond motifs is 4. The first-order valence-corrected chi connectivity index (χ1v) is 9.01. The average Bonchev–Trinajstić information content (AvgIpc) is 2.90. The lowest BCUT2D eigenvalue weighted by atomic mass is 9.79. The van der Waals surface area contributed by atoms with Crippen molar-refractivity contribution in [2.75, 3.05) is 13.1 Å². The van der Waals surface area contributed by atoms with Crippen LogP contribution in [-0.4, -0.2) is 41.0 Å². The summed E-state index contributed by atoms with van der Waals surface area (Å²) in [6, 6.07) is 4.52. The molecule has 5 rings (SSSR count). The van der Waals surface area contributed by atoms with Crippen LogP contribution in [0.2, 0.25) is 0 Å². The minimum Gasteiger partial charge on any atom is -0.346 e. The highest BCUT2D eigenvalue weighted by atomic mass is 32.2. The molecule has 0 spiro atoms. The summed E-state index contributed by atoms with van der Waals surface area (Å²) in [6.45, 7) is 4.56. The smallest absolute Gasteiger partial charge is 0.270 e. The molecule has 3 fully saturated rings. The molecule has 2 unspecified atom stereocenters. The summed E-state index contributed by atoms with van der Waals surface area (Å²) in [5.41, 5.74) is 0.506. The average molecular weight is 333 g/mol. The SMILES string of the molecule is CC1C(NC(=O)c2cc3sc(S)cc3cn2)C2CCN1CC2. The molecule has 0 aliphatic carbocycles. The van der Waals surface area contributed by atoms with E-state index in [1.54, 1.807) is 17.5 Å². The maximum atomic E-state index is 12.6. The summed E-state index contributed by atoms with van der Waals surface area (Å²) in [6.07, 6.45) is 4.14. The summed E-state index contributed by atoms with van der Waals surface area (Å²) >= 11 is 5.94. The zero-order chi connectivity index (χ0) is 15.3. The van der Waals surface area contributed by atoms with Crippen LogP contribution in [0.3, 0.4) is 0 Å². The second kappa shape index (κ2) is 5.51. The van der Waals surface area contributed by atoms with Crippen LogP contribution in [-0.2, 0) is 0 Å². The first-order chi connectivity index (χ1) is 10.6.